The standard InChI is InChI=1S/C14H18F2N2O3S/c1-22(20,21)18-8-6-17(7-9-18)14(19)5-3-11-2-4-12(15)13(16)10-11/h2,4,10H,3,5-9H2,1H3. The van der Waals surface area contributed by atoms with E-state index in [0.717, 1.165) is 18.4 Å². The highest BCUT2D eigenvalue weighted by molar-refractivity contribution is 7.88. The summed E-state index contributed by atoms with van der Waals surface area (Å²) >= 11 is 0. The van der Waals surface area contributed by atoms with Gasteiger partial charge in [0.15, 0.2) is 11.6 Å². The minimum absolute atomic E-state index is 0.113. The smallest absolute Gasteiger partial charge is 0.222 e. The van der Waals surface area contributed by atoms with Gasteiger partial charge < -0.3 is 4.90 Å². The Morgan fingerprint density at radius 3 is 2.32 bits per heavy atom. The van der Waals surface area contributed by atoms with Crippen molar-refractivity contribution < 1.29 is 22.0 Å². The van der Waals surface area contributed by atoms with Crippen molar-refractivity contribution in [2.45, 2.75) is 12.8 Å². The molecule has 8 heteroatoms. The number of amides is 1. The number of benzene rings is 1. The molecule has 1 aliphatic rings. The number of nitrogens with zero attached hydrogens (tertiary/aromatic N) is 2. The molecule has 122 valence electrons. The van der Waals surface area contributed by atoms with Crippen LogP contribution in [0, 0.1) is 11.6 Å². The number of sulfonamides is 1. The maximum Gasteiger partial charge on any atom is 0.222 e. The number of halogens is 2. The first-order chi connectivity index (χ1) is 10.3. The zero-order valence-corrected chi connectivity index (χ0v) is 13.1. The third kappa shape index (κ3) is 4.23. The Morgan fingerprint density at radius 2 is 1.77 bits per heavy atom. The molecule has 0 unspecified atom stereocenters. The van der Waals surface area contributed by atoms with Crippen LogP contribution in [0.1, 0.15) is 12.0 Å². The maximum absolute atomic E-state index is 13.1. The van der Waals surface area contributed by atoms with Gasteiger partial charge in [-0.15, -0.1) is 0 Å². The summed E-state index contributed by atoms with van der Waals surface area (Å²) in [6.07, 6.45) is 1.65. The number of piperazine rings is 1. The summed E-state index contributed by atoms with van der Waals surface area (Å²) in [7, 11) is -3.22. The van der Waals surface area contributed by atoms with Gasteiger partial charge in [-0.3, -0.25) is 4.79 Å². The average molecular weight is 332 g/mol. The van der Waals surface area contributed by atoms with Crippen LogP contribution in [0.15, 0.2) is 18.2 Å². The van der Waals surface area contributed by atoms with Crippen molar-refractivity contribution in [3.63, 3.8) is 0 Å². The van der Waals surface area contributed by atoms with Crippen LogP contribution in [0.2, 0.25) is 0 Å². The molecule has 0 radical (unpaired) electrons. The second-order valence-electron chi connectivity index (χ2n) is 5.29. The largest absolute Gasteiger partial charge is 0.340 e. The Morgan fingerprint density at radius 1 is 1.14 bits per heavy atom. The number of carbonyl (C=O) groups excluding carboxylic acids is 1. The Balaban J connectivity index is 1.85. The molecule has 1 aliphatic heterocycles. The minimum atomic E-state index is -3.22. The van der Waals surface area contributed by atoms with E-state index in [-0.39, 0.29) is 25.4 Å². The number of aryl methyl sites for hydroxylation is 1. The third-order valence-corrected chi connectivity index (χ3v) is 4.98. The molecule has 0 atom stereocenters. The van der Waals surface area contributed by atoms with Crippen molar-refractivity contribution in [1.82, 2.24) is 9.21 Å². The Bertz CT molecular complexity index is 656. The molecule has 0 bridgehead atoms. The maximum atomic E-state index is 13.1. The lowest BCUT2D eigenvalue weighted by molar-refractivity contribution is -0.132. The normalized spacial score (nSPS) is 16.8. The Hall–Kier alpha value is -1.54. The molecule has 1 amide bonds. The number of hydrogen-bond acceptors (Lipinski definition) is 3. The molecule has 0 saturated carbocycles. The molecule has 1 fully saturated rings. The van der Waals surface area contributed by atoms with Crippen LogP contribution in [0.4, 0.5) is 8.78 Å². The lowest BCUT2D eigenvalue weighted by atomic mass is 10.1. The van der Waals surface area contributed by atoms with Gasteiger partial charge in [-0.2, -0.15) is 4.31 Å². The zero-order valence-electron chi connectivity index (χ0n) is 12.3. The summed E-state index contributed by atoms with van der Waals surface area (Å²) in [5.41, 5.74) is 0.557. The van der Waals surface area contributed by atoms with E-state index < -0.39 is 21.7 Å². The van der Waals surface area contributed by atoms with Gasteiger partial charge in [-0.05, 0) is 24.1 Å². The van der Waals surface area contributed by atoms with E-state index in [0.29, 0.717) is 25.1 Å². The SMILES string of the molecule is CS(=O)(=O)N1CCN(C(=O)CCc2ccc(F)c(F)c2)CC1. The van der Waals surface area contributed by atoms with Crippen LogP contribution in [-0.2, 0) is 21.2 Å². The number of hydrogen-bond donors (Lipinski definition) is 0. The van der Waals surface area contributed by atoms with Gasteiger partial charge in [0.1, 0.15) is 0 Å². The molecule has 5 nitrogen and oxygen atoms in total. The molecule has 1 heterocycles. The summed E-state index contributed by atoms with van der Waals surface area (Å²) in [6, 6.07) is 3.58. The molecule has 0 spiro atoms. The lowest BCUT2D eigenvalue weighted by Crippen LogP contribution is -2.50. The van der Waals surface area contributed by atoms with Crippen LogP contribution in [0.5, 0.6) is 0 Å². The summed E-state index contributed by atoms with van der Waals surface area (Å²) in [6.45, 7) is 1.28. The number of rotatable bonds is 4. The van der Waals surface area contributed by atoms with Gasteiger partial charge in [0.05, 0.1) is 6.26 Å². The molecule has 22 heavy (non-hydrogen) atoms. The lowest BCUT2D eigenvalue weighted by Gasteiger charge is -2.33. The first-order valence-electron chi connectivity index (χ1n) is 6.94. The van der Waals surface area contributed by atoms with Crippen molar-refractivity contribution in [2.75, 3.05) is 32.4 Å². The second kappa shape index (κ2) is 6.70. The van der Waals surface area contributed by atoms with Crippen LogP contribution in [0.25, 0.3) is 0 Å². The molecule has 2 rings (SSSR count). The molecular formula is C14H18F2N2O3S. The predicted octanol–water partition coefficient (Wildman–Crippen LogP) is 1.00. The first kappa shape index (κ1) is 16.8. The molecule has 0 N–H and O–H groups in total. The minimum Gasteiger partial charge on any atom is -0.340 e. The average Bonchev–Trinajstić information content (AvgIpc) is 2.47. The van der Waals surface area contributed by atoms with E-state index in [1.165, 1.54) is 10.4 Å². The molecular weight excluding hydrogens is 314 g/mol. The van der Waals surface area contributed by atoms with Gasteiger partial charge in [-0.25, -0.2) is 17.2 Å². The summed E-state index contributed by atoms with van der Waals surface area (Å²) in [5.74, 6) is -1.95. The van der Waals surface area contributed by atoms with Crippen LogP contribution in [0.3, 0.4) is 0 Å². The van der Waals surface area contributed by atoms with Crippen LogP contribution < -0.4 is 0 Å². The van der Waals surface area contributed by atoms with E-state index in [1.807, 2.05) is 0 Å². The van der Waals surface area contributed by atoms with Gasteiger partial charge in [0.2, 0.25) is 15.9 Å². The van der Waals surface area contributed by atoms with Gasteiger partial charge >= 0.3 is 0 Å². The topological polar surface area (TPSA) is 57.7 Å². The van der Waals surface area contributed by atoms with Crippen LogP contribution in [-0.4, -0.2) is 56.0 Å². The number of carbonyl (C=O) groups is 1. The summed E-state index contributed by atoms with van der Waals surface area (Å²) in [5, 5.41) is 0. The highest BCUT2D eigenvalue weighted by Crippen LogP contribution is 2.12. The van der Waals surface area contributed by atoms with Gasteiger partial charge in [0, 0.05) is 32.6 Å². The summed E-state index contributed by atoms with van der Waals surface area (Å²) < 4.78 is 50.0. The first-order valence-corrected chi connectivity index (χ1v) is 8.79. The fourth-order valence-corrected chi connectivity index (χ4v) is 3.20. The van der Waals surface area contributed by atoms with E-state index in [4.69, 9.17) is 0 Å². The Kier molecular flexibility index (Phi) is 5.12. The van der Waals surface area contributed by atoms with Crippen molar-refractivity contribution in [1.29, 1.82) is 0 Å². The molecule has 0 aromatic heterocycles. The second-order valence-corrected chi connectivity index (χ2v) is 7.27. The molecule has 1 saturated heterocycles. The van der Waals surface area contributed by atoms with Gasteiger partial charge in [-0.1, -0.05) is 6.07 Å². The van der Waals surface area contributed by atoms with E-state index in [9.17, 15) is 22.0 Å². The molecule has 0 aliphatic carbocycles. The van der Waals surface area contributed by atoms with Crippen LogP contribution >= 0.6 is 0 Å². The zero-order chi connectivity index (χ0) is 16.3. The van der Waals surface area contributed by atoms with Crippen molar-refractivity contribution >= 4 is 15.9 Å². The summed E-state index contributed by atoms with van der Waals surface area (Å²) in [4.78, 5) is 13.7. The van der Waals surface area contributed by atoms with E-state index in [2.05, 4.69) is 0 Å². The third-order valence-electron chi connectivity index (χ3n) is 3.67. The Labute approximate surface area is 128 Å². The quantitative estimate of drug-likeness (QED) is 0.827. The fraction of sp³-hybridized carbons (Fsp3) is 0.500. The monoisotopic (exact) mass is 332 g/mol. The van der Waals surface area contributed by atoms with E-state index in [1.54, 1.807) is 4.90 Å². The molecule has 1 aromatic carbocycles. The highest BCUT2D eigenvalue weighted by atomic mass is 32.2. The molecule has 1 aromatic rings. The van der Waals surface area contributed by atoms with Crippen molar-refractivity contribution in [2.24, 2.45) is 0 Å². The fourth-order valence-electron chi connectivity index (χ4n) is 2.37. The van der Waals surface area contributed by atoms with Crippen molar-refractivity contribution in [3.8, 4) is 0 Å². The van der Waals surface area contributed by atoms with E-state index >= 15 is 0 Å². The predicted molar refractivity (Wildman–Crippen MR) is 77.7 cm³/mol. The van der Waals surface area contributed by atoms with Crippen molar-refractivity contribution in [3.05, 3.63) is 35.4 Å². The van der Waals surface area contributed by atoms with Gasteiger partial charge in [0.25, 0.3) is 0 Å². The highest BCUT2D eigenvalue weighted by Gasteiger charge is 2.25.